The van der Waals surface area contributed by atoms with Crippen LogP contribution < -0.4 is 0 Å². The van der Waals surface area contributed by atoms with Gasteiger partial charge in [-0.3, -0.25) is 9.63 Å². The fraction of sp³-hybridized carbons (Fsp3) is 0.750. The Morgan fingerprint density at radius 2 is 2.33 bits per heavy atom. The number of amides is 1. The third-order valence-corrected chi connectivity index (χ3v) is 3.21. The quantitative estimate of drug-likeness (QED) is 0.528. The molecule has 1 aliphatic rings. The van der Waals surface area contributed by atoms with E-state index in [4.69, 9.17) is 4.84 Å². The molecule has 1 unspecified atom stereocenters. The van der Waals surface area contributed by atoms with E-state index in [9.17, 15) is 4.79 Å². The molecule has 0 aliphatic heterocycles. The summed E-state index contributed by atoms with van der Waals surface area (Å²) in [5, 5.41) is 1.30. The fourth-order valence-corrected chi connectivity index (χ4v) is 2.06. The largest absolute Gasteiger partial charge is 0.275 e. The third kappa shape index (κ3) is 3.67. The van der Waals surface area contributed by atoms with Gasteiger partial charge >= 0.3 is 0 Å². The molecule has 0 aromatic heterocycles. The van der Waals surface area contributed by atoms with Gasteiger partial charge in [0.05, 0.1) is 7.11 Å². The first-order valence-electron chi connectivity index (χ1n) is 5.63. The maximum absolute atomic E-state index is 11.5. The topological polar surface area (TPSA) is 29.5 Å². The molecule has 0 N–H and O–H groups in total. The number of carbonyl (C=O) groups excluding carboxylic acids is 1. The van der Waals surface area contributed by atoms with Gasteiger partial charge < -0.3 is 0 Å². The monoisotopic (exact) mass is 211 g/mol. The number of allylic oxidation sites excluding steroid dienone is 1. The molecule has 0 radical (unpaired) electrons. The smallest absolute Gasteiger partial charge is 0.245 e. The molecule has 15 heavy (non-hydrogen) atoms. The highest BCUT2D eigenvalue weighted by atomic mass is 16.7. The van der Waals surface area contributed by atoms with Crippen LogP contribution in [0, 0.1) is 5.92 Å². The number of hydrogen-bond acceptors (Lipinski definition) is 2. The predicted octanol–water partition coefficient (Wildman–Crippen LogP) is 2.53. The fourth-order valence-electron chi connectivity index (χ4n) is 2.06. The second kappa shape index (κ2) is 5.91. The van der Waals surface area contributed by atoms with Crippen LogP contribution in [-0.4, -0.2) is 25.1 Å². The Balaban J connectivity index is 2.29. The van der Waals surface area contributed by atoms with Gasteiger partial charge in [0.15, 0.2) is 0 Å². The highest BCUT2D eigenvalue weighted by molar-refractivity contribution is 5.74. The molecule has 1 rings (SSSR count). The highest BCUT2D eigenvalue weighted by Crippen LogP contribution is 2.31. The molecule has 3 nitrogen and oxygen atoms in total. The Labute approximate surface area is 92.0 Å². The van der Waals surface area contributed by atoms with Crippen molar-refractivity contribution in [3.63, 3.8) is 0 Å². The molecule has 0 heterocycles. The number of nitrogens with zero attached hydrogens (tertiary/aromatic N) is 1. The van der Waals surface area contributed by atoms with Crippen LogP contribution >= 0.6 is 0 Å². The molecule has 0 saturated heterocycles. The van der Waals surface area contributed by atoms with Gasteiger partial charge in [-0.2, -0.15) is 0 Å². The molecular weight excluding hydrogens is 190 g/mol. The van der Waals surface area contributed by atoms with E-state index in [-0.39, 0.29) is 5.91 Å². The summed E-state index contributed by atoms with van der Waals surface area (Å²) in [6.45, 7) is 4.08. The summed E-state index contributed by atoms with van der Waals surface area (Å²) in [5.74, 6) is 0.601. The molecule has 0 aromatic rings. The minimum atomic E-state index is 0.0517. The first-order chi connectivity index (χ1) is 7.15. The van der Waals surface area contributed by atoms with Crippen molar-refractivity contribution in [2.24, 2.45) is 5.92 Å². The number of carbonyl (C=O) groups is 1. The van der Waals surface area contributed by atoms with Gasteiger partial charge in [-0.25, -0.2) is 5.06 Å². The summed E-state index contributed by atoms with van der Waals surface area (Å²) in [7, 11) is 3.16. The maximum atomic E-state index is 11.5. The van der Waals surface area contributed by atoms with Gasteiger partial charge in [-0.1, -0.05) is 18.6 Å². The van der Waals surface area contributed by atoms with Crippen molar-refractivity contribution in [2.75, 3.05) is 14.2 Å². The van der Waals surface area contributed by atoms with Gasteiger partial charge in [-0.15, -0.1) is 0 Å². The van der Waals surface area contributed by atoms with E-state index >= 15 is 0 Å². The average Bonchev–Trinajstić information content (AvgIpc) is 2.26. The highest BCUT2D eigenvalue weighted by Gasteiger charge is 2.19. The Morgan fingerprint density at radius 3 is 2.93 bits per heavy atom. The van der Waals surface area contributed by atoms with Crippen LogP contribution in [0.4, 0.5) is 0 Å². The summed E-state index contributed by atoms with van der Waals surface area (Å²) in [6.07, 6.45) is 6.36. The van der Waals surface area contributed by atoms with Crippen molar-refractivity contribution in [3.05, 3.63) is 12.2 Å². The third-order valence-electron chi connectivity index (χ3n) is 3.21. The van der Waals surface area contributed by atoms with Crippen LogP contribution in [0.15, 0.2) is 12.2 Å². The van der Waals surface area contributed by atoms with Crippen LogP contribution in [0.5, 0.6) is 0 Å². The van der Waals surface area contributed by atoms with Crippen LogP contribution in [0.1, 0.15) is 38.5 Å². The second-order valence-corrected chi connectivity index (χ2v) is 4.21. The van der Waals surface area contributed by atoms with Crippen molar-refractivity contribution in [3.8, 4) is 0 Å². The van der Waals surface area contributed by atoms with Crippen LogP contribution in [0.2, 0.25) is 0 Å². The predicted molar refractivity (Wildman–Crippen MR) is 60.1 cm³/mol. The van der Waals surface area contributed by atoms with Gasteiger partial charge in [0.2, 0.25) is 5.91 Å². The lowest BCUT2D eigenvalue weighted by atomic mass is 9.82. The maximum Gasteiger partial charge on any atom is 0.245 e. The number of hydrogen-bond donors (Lipinski definition) is 0. The lowest BCUT2D eigenvalue weighted by Gasteiger charge is -2.24. The normalized spacial score (nSPS) is 21.5. The van der Waals surface area contributed by atoms with E-state index in [1.54, 1.807) is 7.05 Å². The van der Waals surface area contributed by atoms with Crippen molar-refractivity contribution in [1.29, 1.82) is 0 Å². The van der Waals surface area contributed by atoms with E-state index in [1.807, 2.05) is 0 Å². The molecule has 86 valence electrons. The zero-order chi connectivity index (χ0) is 11.3. The molecule has 1 fully saturated rings. The summed E-state index contributed by atoms with van der Waals surface area (Å²) in [6, 6.07) is 0. The molecule has 0 bridgehead atoms. The molecule has 0 spiro atoms. The van der Waals surface area contributed by atoms with E-state index in [1.165, 1.54) is 37.0 Å². The van der Waals surface area contributed by atoms with Gasteiger partial charge in [0.1, 0.15) is 0 Å². The molecule has 1 atom stereocenters. The van der Waals surface area contributed by atoms with E-state index in [0.29, 0.717) is 12.3 Å². The van der Waals surface area contributed by atoms with Gasteiger partial charge in [-0.05, 0) is 31.6 Å². The zero-order valence-electron chi connectivity index (χ0n) is 9.79. The lowest BCUT2D eigenvalue weighted by Crippen LogP contribution is -2.26. The summed E-state index contributed by atoms with van der Waals surface area (Å²) in [4.78, 5) is 16.3. The van der Waals surface area contributed by atoms with Crippen molar-refractivity contribution >= 4 is 5.91 Å². The SMILES string of the molecule is C=C1CCCCC1CCC(=O)N(C)OC. The van der Waals surface area contributed by atoms with Crippen molar-refractivity contribution in [2.45, 2.75) is 38.5 Å². The van der Waals surface area contributed by atoms with Crippen LogP contribution in [0.25, 0.3) is 0 Å². The number of rotatable bonds is 4. The van der Waals surface area contributed by atoms with E-state index < -0.39 is 0 Å². The Bertz CT molecular complexity index is 238. The molecule has 1 amide bonds. The number of hydroxylamine groups is 2. The Hall–Kier alpha value is -0.830. The minimum Gasteiger partial charge on any atom is -0.275 e. The summed E-state index contributed by atoms with van der Waals surface area (Å²) >= 11 is 0. The van der Waals surface area contributed by atoms with Crippen molar-refractivity contribution < 1.29 is 9.63 Å². The summed E-state index contributed by atoms with van der Waals surface area (Å²) in [5.41, 5.74) is 1.33. The molecule has 0 aromatic carbocycles. The van der Waals surface area contributed by atoms with Crippen LogP contribution in [-0.2, 0) is 9.63 Å². The molecule has 1 saturated carbocycles. The summed E-state index contributed by atoms with van der Waals surface area (Å²) < 4.78 is 0. The molecule has 1 aliphatic carbocycles. The standard InChI is InChI=1S/C12H21NO2/c1-10-6-4-5-7-11(10)8-9-12(14)13(2)15-3/h11H,1,4-9H2,2-3H3. The van der Waals surface area contributed by atoms with Crippen molar-refractivity contribution in [1.82, 2.24) is 5.06 Å². The zero-order valence-corrected chi connectivity index (χ0v) is 9.79. The van der Waals surface area contributed by atoms with Gasteiger partial charge in [0, 0.05) is 13.5 Å². The molecular formula is C12H21NO2. The average molecular weight is 211 g/mol. The minimum absolute atomic E-state index is 0.0517. The van der Waals surface area contributed by atoms with E-state index in [2.05, 4.69) is 6.58 Å². The lowest BCUT2D eigenvalue weighted by molar-refractivity contribution is -0.168. The van der Waals surface area contributed by atoms with Gasteiger partial charge in [0.25, 0.3) is 0 Å². The Kier molecular flexibility index (Phi) is 4.82. The second-order valence-electron chi connectivity index (χ2n) is 4.21. The van der Waals surface area contributed by atoms with E-state index in [0.717, 1.165) is 12.8 Å². The first kappa shape index (κ1) is 12.2. The first-order valence-corrected chi connectivity index (χ1v) is 5.63. The molecule has 3 heteroatoms. The van der Waals surface area contributed by atoms with Crippen LogP contribution in [0.3, 0.4) is 0 Å². The Morgan fingerprint density at radius 1 is 1.60 bits per heavy atom.